The lowest BCUT2D eigenvalue weighted by Gasteiger charge is -2.14. The monoisotopic (exact) mass is 317 g/mol. The summed E-state index contributed by atoms with van der Waals surface area (Å²) in [5.74, 6) is -2.82. The van der Waals surface area contributed by atoms with E-state index in [9.17, 15) is 17.2 Å². The molecule has 0 aliphatic carbocycles. The number of benzene rings is 1. The number of hydrogen-bond acceptors (Lipinski definition) is 4. The van der Waals surface area contributed by atoms with Crippen molar-refractivity contribution < 1.29 is 22.3 Å². The highest BCUT2D eigenvalue weighted by Crippen LogP contribution is 2.22. The molecular formula is C12H13F2N3O3S. The lowest BCUT2D eigenvalue weighted by molar-refractivity contribution is 0.280. The first kappa shape index (κ1) is 15.5. The normalized spacial score (nSPS) is 13.3. The molecule has 2 aromatic rings. The third-order valence-electron chi connectivity index (χ3n) is 2.88. The van der Waals surface area contributed by atoms with Gasteiger partial charge in [0.1, 0.15) is 4.90 Å². The summed E-state index contributed by atoms with van der Waals surface area (Å²) in [6, 6.07) is 0.949. The Balaban J connectivity index is 2.38. The average molecular weight is 317 g/mol. The third-order valence-corrected chi connectivity index (χ3v) is 4.42. The van der Waals surface area contributed by atoms with E-state index in [0.717, 1.165) is 12.1 Å². The maximum atomic E-state index is 13.7. The molecule has 9 heteroatoms. The van der Waals surface area contributed by atoms with Crippen LogP contribution < -0.4 is 4.72 Å². The highest BCUT2D eigenvalue weighted by molar-refractivity contribution is 7.89. The molecule has 0 amide bonds. The Kier molecular flexibility index (Phi) is 4.35. The molecule has 3 N–H and O–H groups in total. The van der Waals surface area contributed by atoms with Crippen LogP contribution in [0.1, 0.15) is 24.1 Å². The molecule has 0 aliphatic heterocycles. The number of rotatable bonds is 5. The van der Waals surface area contributed by atoms with Gasteiger partial charge in [0.2, 0.25) is 10.0 Å². The minimum atomic E-state index is -4.29. The maximum Gasteiger partial charge on any atom is 0.244 e. The van der Waals surface area contributed by atoms with Crippen LogP contribution in [0.4, 0.5) is 8.78 Å². The van der Waals surface area contributed by atoms with E-state index in [-0.39, 0.29) is 5.56 Å². The van der Waals surface area contributed by atoms with Crippen molar-refractivity contribution in [2.75, 3.05) is 0 Å². The first-order valence-electron chi connectivity index (χ1n) is 5.95. The first-order chi connectivity index (χ1) is 9.85. The highest BCUT2D eigenvalue weighted by Gasteiger charge is 2.25. The molecule has 1 heterocycles. The zero-order chi connectivity index (χ0) is 15.6. The molecule has 0 radical (unpaired) electrons. The van der Waals surface area contributed by atoms with E-state index in [1.165, 1.54) is 19.3 Å². The lowest BCUT2D eigenvalue weighted by Crippen LogP contribution is -2.28. The molecule has 0 aliphatic rings. The number of aromatic nitrogens is 2. The third kappa shape index (κ3) is 3.26. The fourth-order valence-electron chi connectivity index (χ4n) is 1.77. The molecule has 21 heavy (non-hydrogen) atoms. The van der Waals surface area contributed by atoms with E-state index in [4.69, 9.17) is 5.11 Å². The van der Waals surface area contributed by atoms with Crippen molar-refractivity contribution in [2.45, 2.75) is 24.5 Å². The van der Waals surface area contributed by atoms with Crippen molar-refractivity contribution in [1.29, 1.82) is 0 Å². The van der Waals surface area contributed by atoms with Crippen LogP contribution in [0, 0.1) is 11.6 Å². The van der Waals surface area contributed by atoms with Crippen molar-refractivity contribution in [3.63, 3.8) is 0 Å². The van der Waals surface area contributed by atoms with Gasteiger partial charge in [-0.3, -0.25) is 5.10 Å². The van der Waals surface area contributed by atoms with Crippen LogP contribution in [0.15, 0.2) is 29.4 Å². The summed E-state index contributed by atoms with van der Waals surface area (Å²) >= 11 is 0. The van der Waals surface area contributed by atoms with Gasteiger partial charge in [0, 0.05) is 17.8 Å². The van der Waals surface area contributed by atoms with Crippen LogP contribution in [0.5, 0.6) is 0 Å². The quantitative estimate of drug-likeness (QED) is 0.773. The molecule has 0 fully saturated rings. The second kappa shape index (κ2) is 5.88. The van der Waals surface area contributed by atoms with Crippen LogP contribution in [0.3, 0.4) is 0 Å². The van der Waals surface area contributed by atoms with E-state index < -0.39 is 39.2 Å². The second-order valence-corrected chi connectivity index (χ2v) is 6.10. The Morgan fingerprint density at radius 3 is 2.71 bits per heavy atom. The number of aliphatic hydroxyl groups is 1. The molecule has 0 bridgehead atoms. The van der Waals surface area contributed by atoms with Crippen LogP contribution in [0.2, 0.25) is 0 Å². The number of nitrogens with zero attached hydrogens (tertiary/aromatic N) is 1. The topological polar surface area (TPSA) is 95.1 Å². The van der Waals surface area contributed by atoms with Gasteiger partial charge in [0.25, 0.3) is 0 Å². The summed E-state index contributed by atoms with van der Waals surface area (Å²) in [7, 11) is -4.29. The van der Waals surface area contributed by atoms with Crippen LogP contribution in [0.25, 0.3) is 0 Å². The second-order valence-electron chi connectivity index (χ2n) is 4.42. The lowest BCUT2D eigenvalue weighted by atomic mass is 10.2. The Morgan fingerprint density at radius 1 is 1.43 bits per heavy atom. The van der Waals surface area contributed by atoms with Crippen LogP contribution >= 0.6 is 0 Å². The largest absolute Gasteiger partial charge is 0.392 e. The Bertz CT molecular complexity index is 732. The molecular weight excluding hydrogens is 304 g/mol. The van der Waals surface area contributed by atoms with E-state index in [1.54, 1.807) is 0 Å². The Morgan fingerprint density at radius 2 is 2.14 bits per heavy atom. The molecule has 0 spiro atoms. The average Bonchev–Trinajstić information content (AvgIpc) is 2.95. The van der Waals surface area contributed by atoms with E-state index in [1.807, 2.05) is 0 Å². The van der Waals surface area contributed by atoms with E-state index in [2.05, 4.69) is 14.9 Å². The molecule has 1 aromatic heterocycles. The van der Waals surface area contributed by atoms with E-state index in [0.29, 0.717) is 5.56 Å². The van der Waals surface area contributed by atoms with Gasteiger partial charge < -0.3 is 5.11 Å². The molecule has 0 saturated heterocycles. The summed E-state index contributed by atoms with van der Waals surface area (Å²) in [6.45, 7) is 0.934. The molecule has 1 unspecified atom stereocenters. The number of aliphatic hydroxyl groups excluding tert-OH is 1. The number of halogens is 2. The first-order valence-corrected chi connectivity index (χ1v) is 7.43. The molecule has 2 rings (SSSR count). The SMILES string of the molecule is CC(NS(=O)(=O)c1cc(CO)cc(F)c1F)c1cn[nH]c1. The van der Waals surface area contributed by atoms with Crippen molar-refractivity contribution in [2.24, 2.45) is 0 Å². The van der Waals surface area contributed by atoms with Gasteiger partial charge in [-0.1, -0.05) is 0 Å². The Labute approximate surface area is 119 Å². The molecule has 6 nitrogen and oxygen atoms in total. The van der Waals surface area contributed by atoms with Gasteiger partial charge in [-0.2, -0.15) is 5.10 Å². The van der Waals surface area contributed by atoms with Crippen LogP contribution in [-0.4, -0.2) is 23.7 Å². The summed E-state index contributed by atoms with van der Waals surface area (Å²) in [4.78, 5) is -0.845. The highest BCUT2D eigenvalue weighted by atomic mass is 32.2. The van der Waals surface area contributed by atoms with Gasteiger partial charge in [-0.25, -0.2) is 21.9 Å². The number of sulfonamides is 1. The summed E-state index contributed by atoms with van der Waals surface area (Å²) in [5, 5.41) is 15.2. The minimum Gasteiger partial charge on any atom is -0.392 e. The fraction of sp³-hybridized carbons (Fsp3) is 0.250. The predicted octanol–water partition coefficient (Wildman–Crippen LogP) is 1.22. The summed E-state index contributed by atoms with van der Waals surface area (Å²) < 4.78 is 53.6. The van der Waals surface area contributed by atoms with Crippen molar-refractivity contribution >= 4 is 10.0 Å². The maximum absolute atomic E-state index is 13.7. The smallest absolute Gasteiger partial charge is 0.244 e. The number of nitrogens with one attached hydrogen (secondary N) is 2. The fourth-order valence-corrected chi connectivity index (χ4v) is 3.13. The van der Waals surface area contributed by atoms with Crippen molar-refractivity contribution in [3.8, 4) is 0 Å². The standard InChI is InChI=1S/C12H13F2N3O3S/c1-7(9-4-15-16-5-9)17-21(19,20)11-3-8(6-18)2-10(13)12(11)14/h2-5,7,17-18H,6H2,1H3,(H,15,16). The number of hydrogen-bond donors (Lipinski definition) is 3. The zero-order valence-electron chi connectivity index (χ0n) is 11.0. The molecule has 114 valence electrons. The van der Waals surface area contributed by atoms with Crippen LogP contribution in [-0.2, 0) is 16.6 Å². The predicted molar refractivity (Wildman–Crippen MR) is 69.6 cm³/mol. The summed E-state index contributed by atoms with van der Waals surface area (Å²) in [6.07, 6.45) is 2.89. The number of aromatic amines is 1. The van der Waals surface area contributed by atoms with Crippen molar-refractivity contribution in [1.82, 2.24) is 14.9 Å². The molecule has 1 aromatic carbocycles. The summed E-state index contributed by atoms with van der Waals surface area (Å²) in [5.41, 5.74) is 0.503. The Hall–Kier alpha value is -1.84. The van der Waals surface area contributed by atoms with E-state index >= 15 is 0 Å². The zero-order valence-corrected chi connectivity index (χ0v) is 11.8. The molecule has 0 saturated carbocycles. The van der Waals surface area contributed by atoms with Crippen molar-refractivity contribution in [3.05, 3.63) is 47.3 Å². The number of H-pyrrole nitrogens is 1. The van der Waals surface area contributed by atoms with Gasteiger partial charge >= 0.3 is 0 Å². The molecule has 1 atom stereocenters. The van der Waals surface area contributed by atoms with Gasteiger partial charge in [-0.15, -0.1) is 0 Å². The van der Waals surface area contributed by atoms with Gasteiger partial charge in [-0.05, 0) is 24.6 Å². The van der Waals surface area contributed by atoms with Gasteiger partial charge in [0.05, 0.1) is 12.8 Å². The van der Waals surface area contributed by atoms with Gasteiger partial charge in [0.15, 0.2) is 11.6 Å². The minimum absolute atomic E-state index is 0.0368.